The molecule has 1 aliphatic rings. The van der Waals surface area contributed by atoms with Gasteiger partial charge in [-0.1, -0.05) is 60.8 Å². The largest absolute Gasteiger partial charge is 0.322 e. The number of aryl methyl sites for hydroxylation is 1. The number of benzene rings is 2. The zero-order chi connectivity index (χ0) is 20.1. The molecule has 1 heterocycles. The van der Waals surface area contributed by atoms with Gasteiger partial charge in [0.1, 0.15) is 5.00 Å². The van der Waals surface area contributed by atoms with Crippen molar-refractivity contribution in [3.8, 4) is 0 Å². The third-order valence-electron chi connectivity index (χ3n) is 5.14. The van der Waals surface area contributed by atoms with Gasteiger partial charge in [-0.05, 0) is 49.4 Å². The lowest BCUT2D eigenvalue weighted by molar-refractivity contribution is 0.102. The van der Waals surface area contributed by atoms with Crippen LogP contribution in [0.2, 0.25) is 5.02 Å². The number of carbonyl (C=O) groups excluding carboxylic acids is 1. The van der Waals surface area contributed by atoms with Crippen LogP contribution in [0.15, 0.2) is 59.6 Å². The van der Waals surface area contributed by atoms with Crippen LogP contribution in [0.3, 0.4) is 0 Å². The van der Waals surface area contributed by atoms with E-state index in [4.69, 9.17) is 16.6 Å². The van der Waals surface area contributed by atoms with Crippen LogP contribution >= 0.6 is 22.9 Å². The SMILES string of the molecule is O=C(Nc1ccccc1)c1c(N=Cc2ccccc2Cl)sc2c1CCCCCC2. The zero-order valence-corrected chi connectivity index (χ0v) is 17.7. The Bertz CT molecular complexity index is 1030. The molecular weight excluding hydrogens is 400 g/mol. The second-order valence-electron chi connectivity index (χ2n) is 7.20. The number of fused-ring (bicyclic) bond motifs is 1. The Morgan fingerprint density at radius 1 is 0.966 bits per heavy atom. The van der Waals surface area contributed by atoms with Crippen molar-refractivity contribution in [2.24, 2.45) is 4.99 Å². The van der Waals surface area contributed by atoms with Crippen LogP contribution in [-0.2, 0) is 12.8 Å². The lowest BCUT2D eigenvalue weighted by atomic mass is 9.96. The summed E-state index contributed by atoms with van der Waals surface area (Å²) < 4.78 is 0. The molecule has 4 rings (SSSR count). The summed E-state index contributed by atoms with van der Waals surface area (Å²) in [5, 5.41) is 4.47. The van der Waals surface area contributed by atoms with Crippen LogP contribution in [0, 0.1) is 0 Å². The van der Waals surface area contributed by atoms with E-state index in [9.17, 15) is 4.79 Å². The third-order valence-corrected chi connectivity index (χ3v) is 6.68. The van der Waals surface area contributed by atoms with E-state index in [2.05, 4.69) is 5.32 Å². The molecule has 0 unspecified atom stereocenters. The molecule has 0 aliphatic heterocycles. The lowest BCUT2D eigenvalue weighted by Crippen LogP contribution is -2.14. The summed E-state index contributed by atoms with van der Waals surface area (Å²) in [5.74, 6) is -0.0828. The average molecular weight is 423 g/mol. The molecule has 1 amide bonds. The van der Waals surface area contributed by atoms with Crippen LogP contribution in [0.5, 0.6) is 0 Å². The highest BCUT2D eigenvalue weighted by Crippen LogP contribution is 2.39. The zero-order valence-electron chi connectivity index (χ0n) is 16.2. The van der Waals surface area contributed by atoms with Gasteiger partial charge in [0.2, 0.25) is 0 Å². The molecule has 0 bridgehead atoms. The molecule has 0 radical (unpaired) electrons. The maximum atomic E-state index is 13.2. The number of thiophene rings is 1. The molecular formula is C24H23ClN2OS. The Hall–Kier alpha value is -2.43. The lowest BCUT2D eigenvalue weighted by Gasteiger charge is -2.12. The van der Waals surface area contributed by atoms with Crippen LogP contribution in [0.1, 0.15) is 52.0 Å². The van der Waals surface area contributed by atoms with E-state index in [1.165, 1.54) is 29.7 Å². The summed E-state index contributed by atoms with van der Waals surface area (Å²) >= 11 is 7.92. The summed E-state index contributed by atoms with van der Waals surface area (Å²) in [7, 11) is 0. The Labute approximate surface area is 180 Å². The molecule has 1 aliphatic carbocycles. The molecule has 148 valence electrons. The number of halogens is 1. The van der Waals surface area contributed by atoms with Gasteiger partial charge in [-0.2, -0.15) is 0 Å². The quantitative estimate of drug-likeness (QED) is 0.449. The van der Waals surface area contributed by atoms with E-state index in [0.29, 0.717) is 5.02 Å². The second kappa shape index (κ2) is 9.38. The number of anilines is 1. The van der Waals surface area contributed by atoms with E-state index in [1.54, 1.807) is 17.6 Å². The molecule has 3 nitrogen and oxygen atoms in total. The van der Waals surface area contributed by atoms with Crippen LogP contribution < -0.4 is 5.32 Å². The minimum Gasteiger partial charge on any atom is -0.322 e. The van der Waals surface area contributed by atoms with Gasteiger partial charge in [-0.25, -0.2) is 4.99 Å². The first-order chi connectivity index (χ1) is 14.2. The molecule has 5 heteroatoms. The number of carbonyl (C=O) groups is 1. The van der Waals surface area contributed by atoms with Gasteiger partial charge in [0.25, 0.3) is 5.91 Å². The molecule has 0 atom stereocenters. The Morgan fingerprint density at radius 2 is 1.69 bits per heavy atom. The maximum Gasteiger partial charge on any atom is 0.259 e. The van der Waals surface area contributed by atoms with Crippen LogP contribution in [0.4, 0.5) is 10.7 Å². The molecule has 0 spiro atoms. The minimum absolute atomic E-state index is 0.0828. The highest BCUT2D eigenvalue weighted by molar-refractivity contribution is 7.16. The van der Waals surface area contributed by atoms with Crippen molar-refractivity contribution >= 4 is 45.7 Å². The second-order valence-corrected chi connectivity index (χ2v) is 8.69. The fraction of sp³-hybridized carbons (Fsp3) is 0.250. The predicted octanol–water partition coefficient (Wildman–Crippen LogP) is 7.06. The topological polar surface area (TPSA) is 41.5 Å². The molecule has 0 saturated heterocycles. The van der Waals surface area contributed by atoms with Crippen molar-refractivity contribution in [2.75, 3.05) is 5.32 Å². The molecule has 1 N–H and O–H groups in total. The van der Waals surface area contributed by atoms with Crippen molar-refractivity contribution in [3.05, 3.63) is 81.2 Å². The monoisotopic (exact) mass is 422 g/mol. The minimum atomic E-state index is -0.0828. The van der Waals surface area contributed by atoms with Crippen LogP contribution in [0.25, 0.3) is 0 Å². The van der Waals surface area contributed by atoms with Gasteiger partial charge in [0.15, 0.2) is 0 Å². The van der Waals surface area contributed by atoms with E-state index in [1.807, 2.05) is 54.6 Å². The number of rotatable bonds is 4. The normalized spacial score (nSPS) is 14.2. The van der Waals surface area contributed by atoms with E-state index in [0.717, 1.165) is 41.1 Å². The highest BCUT2D eigenvalue weighted by atomic mass is 35.5. The smallest absolute Gasteiger partial charge is 0.259 e. The summed E-state index contributed by atoms with van der Waals surface area (Å²) in [5.41, 5.74) is 3.54. The standard InChI is InChI=1S/C24H23ClN2OS/c25-20-14-9-8-10-17(20)16-26-24-22(23(28)27-18-11-4-3-5-12-18)19-13-6-1-2-7-15-21(19)29-24/h3-5,8-12,14,16H,1-2,6-7,13,15H2,(H,27,28). The van der Waals surface area contributed by atoms with Gasteiger partial charge < -0.3 is 5.32 Å². The molecule has 0 fully saturated rings. The van der Waals surface area contributed by atoms with Crippen molar-refractivity contribution < 1.29 is 4.79 Å². The average Bonchev–Trinajstić information content (AvgIpc) is 3.04. The van der Waals surface area contributed by atoms with E-state index < -0.39 is 0 Å². The number of hydrogen-bond acceptors (Lipinski definition) is 3. The van der Waals surface area contributed by atoms with Gasteiger partial charge in [0.05, 0.1) is 5.56 Å². The molecule has 3 aromatic rings. The first-order valence-corrected chi connectivity index (χ1v) is 11.2. The van der Waals surface area contributed by atoms with Gasteiger partial charge in [-0.15, -0.1) is 11.3 Å². The molecule has 2 aromatic carbocycles. The van der Waals surface area contributed by atoms with Crippen molar-refractivity contribution in [1.82, 2.24) is 0 Å². The Balaban J connectivity index is 1.72. The van der Waals surface area contributed by atoms with Crippen molar-refractivity contribution in [1.29, 1.82) is 0 Å². The fourth-order valence-corrected chi connectivity index (χ4v) is 5.07. The summed E-state index contributed by atoms with van der Waals surface area (Å²) in [6, 6.07) is 17.2. The number of nitrogens with zero attached hydrogens (tertiary/aromatic N) is 1. The van der Waals surface area contributed by atoms with Gasteiger partial charge in [-0.3, -0.25) is 4.79 Å². The summed E-state index contributed by atoms with van der Waals surface area (Å²) in [6.45, 7) is 0. The number of hydrogen-bond donors (Lipinski definition) is 1. The molecule has 29 heavy (non-hydrogen) atoms. The number of nitrogens with one attached hydrogen (secondary N) is 1. The van der Waals surface area contributed by atoms with E-state index in [-0.39, 0.29) is 5.91 Å². The highest BCUT2D eigenvalue weighted by Gasteiger charge is 2.24. The first-order valence-electron chi connectivity index (χ1n) is 10.0. The number of para-hydroxylation sites is 1. The van der Waals surface area contributed by atoms with Crippen molar-refractivity contribution in [3.63, 3.8) is 0 Å². The van der Waals surface area contributed by atoms with Gasteiger partial charge in [0, 0.05) is 27.4 Å². The third kappa shape index (κ3) is 4.77. The van der Waals surface area contributed by atoms with E-state index >= 15 is 0 Å². The van der Waals surface area contributed by atoms with Crippen LogP contribution in [-0.4, -0.2) is 12.1 Å². The summed E-state index contributed by atoms with van der Waals surface area (Å²) in [4.78, 5) is 19.3. The summed E-state index contributed by atoms with van der Waals surface area (Å²) in [6.07, 6.45) is 8.47. The Kier molecular flexibility index (Phi) is 6.43. The predicted molar refractivity (Wildman–Crippen MR) is 123 cm³/mol. The number of aliphatic imine (C=N–C) groups is 1. The molecule has 0 saturated carbocycles. The maximum absolute atomic E-state index is 13.2. The fourth-order valence-electron chi connectivity index (χ4n) is 3.65. The Morgan fingerprint density at radius 3 is 2.48 bits per heavy atom. The molecule has 1 aromatic heterocycles. The van der Waals surface area contributed by atoms with Gasteiger partial charge >= 0.3 is 0 Å². The van der Waals surface area contributed by atoms with Crippen molar-refractivity contribution in [2.45, 2.75) is 38.5 Å². The first kappa shape index (κ1) is 19.9. The number of amides is 1.